The van der Waals surface area contributed by atoms with Gasteiger partial charge in [0.25, 0.3) is 0 Å². The van der Waals surface area contributed by atoms with Crippen molar-refractivity contribution in [3.05, 3.63) is 17.7 Å². The highest BCUT2D eigenvalue weighted by atomic mass is 16.5. The molecule has 7 nitrogen and oxygen atoms in total. The molecule has 4 N–H and O–H groups in total. The summed E-state index contributed by atoms with van der Waals surface area (Å²) in [5, 5.41) is 1.89. The summed E-state index contributed by atoms with van der Waals surface area (Å²) in [7, 11) is 3.52. The fourth-order valence-electron chi connectivity index (χ4n) is 4.56. The van der Waals surface area contributed by atoms with Gasteiger partial charge in [-0.3, -0.25) is 5.84 Å². The number of methoxy groups -OCH3 is 2. The van der Waals surface area contributed by atoms with Crippen LogP contribution in [0, 0.1) is 5.92 Å². The van der Waals surface area contributed by atoms with Crippen molar-refractivity contribution in [1.82, 2.24) is 5.01 Å². The first-order valence-electron chi connectivity index (χ1n) is 10.1. The number of hydrogen-bond acceptors (Lipinski definition) is 7. The normalized spacial score (nSPS) is 24.2. The van der Waals surface area contributed by atoms with Crippen LogP contribution >= 0.6 is 0 Å². The highest BCUT2D eigenvalue weighted by molar-refractivity contribution is 5.77. The van der Waals surface area contributed by atoms with Crippen LogP contribution < -0.4 is 26.1 Å². The van der Waals surface area contributed by atoms with Crippen LogP contribution in [-0.2, 0) is 11.3 Å². The van der Waals surface area contributed by atoms with Crippen molar-refractivity contribution in [1.29, 1.82) is 0 Å². The number of nitrogens with zero attached hydrogens (tertiary/aromatic N) is 3. The van der Waals surface area contributed by atoms with Gasteiger partial charge in [0.2, 0.25) is 0 Å². The number of nitrogens with two attached hydrogens (primary N) is 2. The van der Waals surface area contributed by atoms with E-state index >= 15 is 0 Å². The zero-order chi connectivity index (χ0) is 19.0. The molecule has 2 fully saturated rings. The summed E-state index contributed by atoms with van der Waals surface area (Å²) in [6.45, 7) is 4.26. The number of anilines is 2. The Kier molecular flexibility index (Phi) is 5.45. The van der Waals surface area contributed by atoms with Crippen molar-refractivity contribution in [3.63, 3.8) is 0 Å². The van der Waals surface area contributed by atoms with Gasteiger partial charge in [0.1, 0.15) is 0 Å². The summed E-state index contributed by atoms with van der Waals surface area (Å²) in [6.07, 6.45) is 4.51. The van der Waals surface area contributed by atoms with E-state index in [-0.39, 0.29) is 6.04 Å². The fraction of sp³-hybridized carbons (Fsp3) is 0.700. The van der Waals surface area contributed by atoms with Crippen molar-refractivity contribution < 1.29 is 9.47 Å². The van der Waals surface area contributed by atoms with E-state index in [4.69, 9.17) is 21.1 Å². The Morgan fingerprint density at radius 3 is 2.74 bits per heavy atom. The van der Waals surface area contributed by atoms with E-state index in [0.29, 0.717) is 12.0 Å². The van der Waals surface area contributed by atoms with Crippen LogP contribution in [0.4, 0.5) is 11.4 Å². The Morgan fingerprint density at radius 1 is 1.22 bits per heavy atom. The third-order valence-corrected chi connectivity index (χ3v) is 6.21. The summed E-state index contributed by atoms with van der Waals surface area (Å²) in [5.74, 6) is 7.66. The molecule has 0 amide bonds. The van der Waals surface area contributed by atoms with E-state index < -0.39 is 0 Å². The molecule has 1 saturated heterocycles. The van der Waals surface area contributed by atoms with Crippen molar-refractivity contribution in [2.24, 2.45) is 17.5 Å². The van der Waals surface area contributed by atoms with E-state index in [1.807, 2.05) is 5.01 Å². The Bertz CT molecular complexity index is 666. The average molecular weight is 376 g/mol. The molecule has 150 valence electrons. The molecule has 0 bridgehead atoms. The van der Waals surface area contributed by atoms with Crippen molar-refractivity contribution in [2.45, 2.75) is 44.3 Å². The van der Waals surface area contributed by atoms with Crippen LogP contribution in [0.15, 0.2) is 12.1 Å². The molecule has 7 heteroatoms. The third-order valence-electron chi connectivity index (χ3n) is 6.21. The largest absolute Gasteiger partial charge is 0.492 e. The number of hydrogen-bond donors (Lipinski definition) is 2. The van der Waals surface area contributed by atoms with Gasteiger partial charge in [-0.25, -0.2) is 5.01 Å². The molecule has 27 heavy (non-hydrogen) atoms. The minimum atomic E-state index is 0.187. The Labute approximate surface area is 162 Å². The molecular formula is C20H33N5O2. The lowest BCUT2D eigenvalue weighted by Crippen LogP contribution is -2.47. The van der Waals surface area contributed by atoms with Gasteiger partial charge in [-0.05, 0) is 43.2 Å². The minimum Gasteiger partial charge on any atom is -0.492 e. The zero-order valence-corrected chi connectivity index (χ0v) is 16.6. The highest BCUT2D eigenvalue weighted by Gasteiger charge is 2.37. The van der Waals surface area contributed by atoms with Crippen LogP contribution in [0.25, 0.3) is 0 Å². The minimum absolute atomic E-state index is 0.187. The van der Waals surface area contributed by atoms with Gasteiger partial charge in [-0.1, -0.05) is 6.07 Å². The van der Waals surface area contributed by atoms with E-state index in [9.17, 15) is 0 Å². The molecule has 1 saturated carbocycles. The molecule has 2 atom stereocenters. The van der Waals surface area contributed by atoms with E-state index in [1.54, 1.807) is 14.2 Å². The lowest BCUT2D eigenvalue weighted by molar-refractivity contribution is 0.180. The maximum Gasteiger partial charge on any atom is 0.165 e. The van der Waals surface area contributed by atoms with Crippen molar-refractivity contribution >= 4 is 11.4 Å². The maximum absolute atomic E-state index is 6.41. The second-order valence-corrected chi connectivity index (χ2v) is 8.16. The molecule has 3 aliphatic rings. The van der Waals surface area contributed by atoms with Crippen LogP contribution in [0.5, 0.6) is 5.75 Å². The van der Waals surface area contributed by atoms with Gasteiger partial charge in [0, 0.05) is 45.4 Å². The van der Waals surface area contributed by atoms with Crippen LogP contribution in [-0.4, -0.2) is 57.7 Å². The summed E-state index contributed by atoms with van der Waals surface area (Å²) in [6, 6.07) is 5.20. The molecule has 0 aromatic heterocycles. The maximum atomic E-state index is 6.41. The topological polar surface area (TPSA) is 80.2 Å². The van der Waals surface area contributed by atoms with Gasteiger partial charge in [0.05, 0.1) is 25.2 Å². The van der Waals surface area contributed by atoms with Crippen molar-refractivity contribution in [3.8, 4) is 5.75 Å². The SMILES string of the molecule is COCC[C@H](N)[C@@H]1CCN(c2ccc3c(c2OC)N(C2CC2)CN(N)C3)C1. The molecular weight excluding hydrogens is 342 g/mol. The van der Waals surface area contributed by atoms with Gasteiger partial charge >= 0.3 is 0 Å². The molecule has 4 rings (SSSR count). The van der Waals surface area contributed by atoms with Gasteiger partial charge in [-0.15, -0.1) is 0 Å². The summed E-state index contributed by atoms with van der Waals surface area (Å²) in [4.78, 5) is 4.87. The number of hydrazine groups is 1. The number of ether oxygens (including phenoxy) is 2. The van der Waals surface area contributed by atoms with Crippen LogP contribution in [0.3, 0.4) is 0 Å². The Balaban J connectivity index is 1.58. The number of rotatable bonds is 7. The Morgan fingerprint density at radius 2 is 2.04 bits per heavy atom. The fourth-order valence-corrected chi connectivity index (χ4v) is 4.56. The quantitative estimate of drug-likeness (QED) is 0.699. The molecule has 1 aromatic carbocycles. The molecule has 0 spiro atoms. The monoisotopic (exact) mass is 375 g/mol. The highest BCUT2D eigenvalue weighted by Crippen LogP contribution is 2.47. The lowest BCUT2D eigenvalue weighted by atomic mass is 9.97. The molecule has 2 aliphatic heterocycles. The molecule has 0 radical (unpaired) electrons. The summed E-state index contributed by atoms with van der Waals surface area (Å²) >= 11 is 0. The van der Waals surface area contributed by atoms with Crippen molar-refractivity contribution in [2.75, 3.05) is 50.4 Å². The predicted octanol–water partition coefficient (Wildman–Crippen LogP) is 1.50. The second-order valence-electron chi connectivity index (χ2n) is 8.16. The lowest BCUT2D eigenvalue weighted by Gasteiger charge is -2.38. The van der Waals surface area contributed by atoms with Gasteiger partial charge in [0.15, 0.2) is 5.75 Å². The number of fused-ring (bicyclic) bond motifs is 1. The predicted molar refractivity (Wildman–Crippen MR) is 108 cm³/mol. The number of benzene rings is 1. The first-order valence-corrected chi connectivity index (χ1v) is 10.1. The molecule has 2 heterocycles. The first kappa shape index (κ1) is 18.8. The average Bonchev–Trinajstić information content (AvgIpc) is 3.40. The van der Waals surface area contributed by atoms with Gasteiger partial charge in [-0.2, -0.15) is 0 Å². The Hall–Kier alpha value is -1.54. The molecule has 1 aromatic rings. The molecule has 0 unspecified atom stereocenters. The summed E-state index contributed by atoms with van der Waals surface area (Å²) in [5.41, 5.74) is 10.1. The first-order chi connectivity index (χ1) is 13.1. The zero-order valence-electron chi connectivity index (χ0n) is 16.6. The second kappa shape index (κ2) is 7.83. The van der Waals surface area contributed by atoms with E-state index in [0.717, 1.165) is 51.5 Å². The third kappa shape index (κ3) is 3.74. The smallest absolute Gasteiger partial charge is 0.165 e. The standard InChI is InChI=1S/C20H33N5O2/c1-26-10-8-17(21)14-7-9-23(11-14)18-6-3-15-12-24(22)13-25(16-4-5-16)19(15)20(18)27-2/h3,6,14,16-17H,4-5,7-13,21-22H2,1-2H3/t14-,17+/m1/s1. The molecule has 1 aliphatic carbocycles. The van der Waals surface area contributed by atoms with E-state index in [2.05, 4.69) is 21.9 Å². The summed E-state index contributed by atoms with van der Waals surface area (Å²) < 4.78 is 11.2. The van der Waals surface area contributed by atoms with Gasteiger partial charge < -0.3 is 25.0 Å². The van der Waals surface area contributed by atoms with Crippen LogP contribution in [0.1, 0.15) is 31.2 Å². The van der Waals surface area contributed by atoms with Crippen LogP contribution in [0.2, 0.25) is 0 Å². The van der Waals surface area contributed by atoms with E-state index in [1.165, 1.54) is 29.8 Å².